The van der Waals surface area contributed by atoms with Gasteiger partial charge in [-0.3, -0.25) is 0 Å². The molecule has 0 amide bonds. The molecule has 1 aromatic carbocycles. The van der Waals surface area contributed by atoms with Crippen LogP contribution in [0.5, 0.6) is 0 Å². The van der Waals surface area contributed by atoms with Crippen molar-refractivity contribution in [2.24, 2.45) is 0 Å². The highest BCUT2D eigenvalue weighted by Gasteiger charge is 2.27. The number of rotatable bonds is 14. The number of hydrogen-bond donors (Lipinski definition) is 2. The first kappa shape index (κ1) is 23.3. The van der Waals surface area contributed by atoms with Gasteiger partial charge in [0.2, 0.25) is 0 Å². The zero-order valence-corrected chi connectivity index (χ0v) is 18.1. The number of aliphatic hydroxyl groups is 1. The molecule has 0 saturated heterocycles. The van der Waals surface area contributed by atoms with E-state index < -0.39 is 12.1 Å². The van der Waals surface area contributed by atoms with Gasteiger partial charge in [-0.1, -0.05) is 82.9 Å². The predicted octanol–water partition coefficient (Wildman–Crippen LogP) is 5.39. The highest BCUT2D eigenvalue weighted by atomic mass is 16.4. The van der Waals surface area contributed by atoms with E-state index in [0.717, 1.165) is 25.3 Å². The van der Waals surface area contributed by atoms with Gasteiger partial charge in [0.15, 0.2) is 0 Å². The van der Waals surface area contributed by atoms with E-state index in [1.165, 1.54) is 63.9 Å². The molecule has 1 aromatic rings. The monoisotopic (exact) mass is 402 g/mol. The number of carbonyl (C=O) groups is 1. The van der Waals surface area contributed by atoms with Crippen LogP contribution in [0.1, 0.15) is 93.2 Å². The van der Waals surface area contributed by atoms with Crippen molar-refractivity contribution in [3.8, 4) is 0 Å². The summed E-state index contributed by atoms with van der Waals surface area (Å²) >= 11 is 0. The summed E-state index contributed by atoms with van der Waals surface area (Å²) in [4.78, 5) is 15.7. The maximum Gasteiger partial charge on any atom is 0.336 e. The van der Waals surface area contributed by atoms with Crippen LogP contribution < -0.4 is 0 Å². The summed E-state index contributed by atoms with van der Waals surface area (Å²) in [7, 11) is 1.94. The lowest BCUT2D eigenvalue weighted by Gasteiger charge is -2.22. The van der Waals surface area contributed by atoms with Crippen molar-refractivity contribution < 1.29 is 15.0 Å². The summed E-state index contributed by atoms with van der Waals surface area (Å²) in [5, 5.41) is 20.2. The molecule has 1 heterocycles. The first-order valence-electron chi connectivity index (χ1n) is 11.2. The quantitative estimate of drug-likeness (QED) is 0.409. The number of benzene rings is 1. The number of unbranched alkanes of at least 4 members (excludes halogenated alkanes) is 9. The largest absolute Gasteiger partial charge is 0.478 e. The lowest BCUT2D eigenvalue weighted by atomic mass is 10.0. The van der Waals surface area contributed by atoms with Gasteiger partial charge < -0.3 is 20.0 Å². The zero-order chi connectivity index (χ0) is 21.1. The molecule has 0 bridgehead atoms. The Kier molecular flexibility index (Phi) is 10.1. The van der Waals surface area contributed by atoms with E-state index in [2.05, 4.69) is 11.8 Å². The van der Waals surface area contributed by atoms with Gasteiger partial charge in [-0.05, 0) is 12.5 Å². The molecule has 0 fully saturated rings. The van der Waals surface area contributed by atoms with Crippen molar-refractivity contribution in [2.45, 2.75) is 77.2 Å². The SMILES string of the molecule is CCCCCCCCCCCCN1C=C(C(O)c2ccccc2C(=O)O)N(C)C1. The lowest BCUT2D eigenvalue weighted by Crippen LogP contribution is -2.26. The number of aliphatic hydroxyl groups excluding tert-OH is 1. The molecule has 0 saturated carbocycles. The molecule has 5 heteroatoms. The van der Waals surface area contributed by atoms with Crippen molar-refractivity contribution in [1.29, 1.82) is 0 Å². The molecular weight excluding hydrogens is 364 g/mol. The molecule has 1 aliphatic heterocycles. The van der Waals surface area contributed by atoms with Crippen LogP contribution in [-0.4, -0.2) is 46.2 Å². The third-order valence-electron chi connectivity index (χ3n) is 5.71. The number of carboxylic acids is 1. The summed E-state index contributed by atoms with van der Waals surface area (Å²) in [6, 6.07) is 6.68. The second-order valence-corrected chi connectivity index (χ2v) is 8.18. The van der Waals surface area contributed by atoms with Crippen LogP contribution >= 0.6 is 0 Å². The Morgan fingerprint density at radius 3 is 2.21 bits per heavy atom. The van der Waals surface area contributed by atoms with Crippen LogP contribution in [0.4, 0.5) is 0 Å². The molecule has 1 unspecified atom stereocenters. The Labute approximate surface area is 176 Å². The van der Waals surface area contributed by atoms with Crippen LogP contribution in [0.15, 0.2) is 36.2 Å². The van der Waals surface area contributed by atoms with Crippen LogP contribution in [0.25, 0.3) is 0 Å². The first-order valence-corrected chi connectivity index (χ1v) is 11.2. The van der Waals surface area contributed by atoms with E-state index in [0.29, 0.717) is 5.56 Å². The van der Waals surface area contributed by atoms with Crippen LogP contribution in [0.3, 0.4) is 0 Å². The molecule has 29 heavy (non-hydrogen) atoms. The molecular formula is C24H38N2O3. The number of hydrogen-bond acceptors (Lipinski definition) is 4. The van der Waals surface area contributed by atoms with Gasteiger partial charge in [0.25, 0.3) is 0 Å². The first-order chi connectivity index (χ1) is 14.0. The maximum atomic E-state index is 11.4. The van der Waals surface area contributed by atoms with Gasteiger partial charge in [0.05, 0.1) is 17.9 Å². The molecule has 162 valence electrons. The molecule has 0 spiro atoms. The molecule has 0 aromatic heterocycles. The Hall–Kier alpha value is -2.01. The zero-order valence-electron chi connectivity index (χ0n) is 18.1. The Morgan fingerprint density at radius 2 is 1.59 bits per heavy atom. The Morgan fingerprint density at radius 1 is 1.00 bits per heavy atom. The van der Waals surface area contributed by atoms with E-state index in [-0.39, 0.29) is 5.56 Å². The second-order valence-electron chi connectivity index (χ2n) is 8.18. The van der Waals surface area contributed by atoms with Crippen molar-refractivity contribution in [2.75, 3.05) is 20.3 Å². The van der Waals surface area contributed by atoms with Gasteiger partial charge in [0.1, 0.15) is 6.10 Å². The third-order valence-corrected chi connectivity index (χ3v) is 5.71. The van der Waals surface area contributed by atoms with Crippen molar-refractivity contribution in [3.05, 3.63) is 47.3 Å². The van der Waals surface area contributed by atoms with E-state index in [1.54, 1.807) is 18.2 Å². The Balaban J connectivity index is 1.73. The fourth-order valence-corrected chi connectivity index (χ4v) is 3.99. The molecule has 1 aliphatic rings. The van der Waals surface area contributed by atoms with Crippen LogP contribution in [0.2, 0.25) is 0 Å². The summed E-state index contributed by atoms with van der Waals surface area (Å²) in [6.45, 7) is 3.96. The van der Waals surface area contributed by atoms with Crippen molar-refractivity contribution in [1.82, 2.24) is 9.80 Å². The average molecular weight is 403 g/mol. The van der Waals surface area contributed by atoms with Crippen LogP contribution in [-0.2, 0) is 0 Å². The lowest BCUT2D eigenvalue weighted by molar-refractivity contribution is 0.0690. The number of aromatic carboxylic acids is 1. The molecule has 1 atom stereocenters. The van der Waals surface area contributed by atoms with E-state index in [9.17, 15) is 15.0 Å². The number of nitrogens with zero attached hydrogens (tertiary/aromatic N) is 2. The predicted molar refractivity (Wildman–Crippen MR) is 118 cm³/mol. The Bertz CT molecular complexity index is 659. The topological polar surface area (TPSA) is 64.0 Å². The summed E-state index contributed by atoms with van der Waals surface area (Å²) in [5.41, 5.74) is 1.35. The third kappa shape index (κ3) is 7.39. The molecule has 5 nitrogen and oxygen atoms in total. The highest BCUT2D eigenvalue weighted by Crippen LogP contribution is 2.30. The van der Waals surface area contributed by atoms with E-state index in [4.69, 9.17) is 0 Å². The van der Waals surface area contributed by atoms with Gasteiger partial charge in [-0.15, -0.1) is 0 Å². The summed E-state index contributed by atoms with van der Waals surface area (Å²) in [5.74, 6) is -1.01. The van der Waals surface area contributed by atoms with Gasteiger partial charge in [0, 0.05) is 25.4 Å². The fraction of sp³-hybridized carbons (Fsp3) is 0.625. The highest BCUT2D eigenvalue weighted by molar-refractivity contribution is 5.89. The minimum atomic E-state index is -1.01. The van der Waals surface area contributed by atoms with Crippen molar-refractivity contribution >= 4 is 5.97 Å². The molecule has 0 radical (unpaired) electrons. The smallest absolute Gasteiger partial charge is 0.336 e. The van der Waals surface area contributed by atoms with Crippen LogP contribution in [0, 0.1) is 0 Å². The van der Waals surface area contributed by atoms with Crippen molar-refractivity contribution in [3.63, 3.8) is 0 Å². The number of carboxylic acid groups (broad SMARTS) is 1. The van der Waals surface area contributed by atoms with Gasteiger partial charge in [-0.2, -0.15) is 0 Å². The molecule has 0 aliphatic carbocycles. The summed E-state index contributed by atoms with van der Waals surface area (Å²) in [6.07, 6.45) is 14.3. The van der Waals surface area contributed by atoms with Gasteiger partial charge >= 0.3 is 5.97 Å². The minimum Gasteiger partial charge on any atom is -0.478 e. The minimum absolute atomic E-state index is 0.155. The maximum absolute atomic E-state index is 11.4. The van der Waals surface area contributed by atoms with E-state index in [1.807, 2.05) is 18.1 Å². The molecule has 2 rings (SSSR count). The normalized spacial score (nSPS) is 14.9. The van der Waals surface area contributed by atoms with Gasteiger partial charge in [-0.25, -0.2) is 4.79 Å². The van der Waals surface area contributed by atoms with E-state index >= 15 is 0 Å². The second kappa shape index (κ2) is 12.5. The molecule has 2 N–H and O–H groups in total. The summed E-state index contributed by atoms with van der Waals surface area (Å²) < 4.78 is 0. The fourth-order valence-electron chi connectivity index (χ4n) is 3.99. The standard InChI is InChI=1S/C24H38N2O3/c1-3-4-5-6-7-8-9-10-11-14-17-26-18-22(25(2)19-26)23(27)20-15-12-13-16-21(20)24(28)29/h12-13,15-16,18,23,27H,3-11,14,17,19H2,1-2H3,(H,28,29). The average Bonchev–Trinajstić information content (AvgIpc) is 3.09. The number of likely N-dealkylation sites (N-methyl/N-ethyl adjacent to an activating group) is 1.